The molecule has 6 heteroatoms. The standard InChI is InChI=1S/C15H17N3O2S/c1-4-18-14(20)12(13(19)16-15(18)21)9-10-5-7-11(8-6-10)17(2)3/h5-9H,4H2,1-3H3,(H,16,19,21)/b12-9-. The van der Waals surface area contributed by atoms with E-state index in [4.69, 9.17) is 12.2 Å². The molecule has 1 saturated heterocycles. The maximum absolute atomic E-state index is 12.3. The lowest BCUT2D eigenvalue weighted by Gasteiger charge is -2.27. The van der Waals surface area contributed by atoms with Gasteiger partial charge in [-0.1, -0.05) is 12.1 Å². The zero-order valence-corrected chi connectivity index (χ0v) is 13.0. The van der Waals surface area contributed by atoms with Gasteiger partial charge in [-0.25, -0.2) is 0 Å². The van der Waals surface area contributed by atoms with Gasteiger partial charge in [-0.2, -0.15) is 0 Å². The maximum atomic E-state index is 12.3. The molecule has 5 nitrogen and oxygen atoms in total. The lowest BCUT2D eigenvalue weighted by Crippen LogP contribution is -2.53. The average molecular weight is 303 g/mol. The average Bonchev–Trinajstić information content (AvgIpc) is 2.44. The fraction of sp³-hybridized carbons (Fsp3) is 0.267. The minimum atomic E-state index is -0.452. The van der Waals surface area contributed by atoms with Crippen molar-refractivity contribution >= 4 is 40.9 Å². The van der Waals surface area contributed by atoms with Gasteiger partial charge in [0.25, 0.3) is 11.8 Å². The normalized spacial score (nSPS) is 17.2. The molecule has 1 heterocycles. The lowest BCUT2D eigenvalue weighted by molar-refractivity contribution is -0.128. The first-order valence-electron chi connectivity index (χ1n) is 6.60. The second-order valence-corrected chi connectivity index (χ2v) is 5.24. The van der Waals surface area contributed by atoms with E-state index in [0.29, 0.717) is 6.54 Å². The van der Waals surface area contributed by atoms with Gasteiger partial charge in [-0.15, -0.1) is 0 Å². The van der Waals surface area contributed by atoms with Crippen LogP contribution in [0, 0.1) is 0 Å². The molecule has 1 aromatic carbocycles. The summed E-state index contributed by atoms with van der Waals surface area (Å²) in [5, 5.41) is 2.69. The Balaban J connectivity index is 2.32. The van der Waals surface area contributed by atoms with Crippen molar-refractivity contribution in [2.24, 2.45) is 0 Å². The van der Waals surface area contributed by atoms with Crippen LogP contribution in [0.2, 0.25) is 0 Å². The Labute approximate surface area is 129 Å². The molecule has 1 aliphatic rings. The van der Waals surface area contributed by atoms with Crippen molar-refractivity contribution in [2.75, 3.05) is 25.5 Å². The van der Waals surface area contributed by atoms with Crippen LogP contribution in [0.5, 0.6) is 0 Å². The quantitative estimate of drug-likeness (QED) is 0.521. The van der Waals surface area contributed by atoms with Crippen LogP contribution < -0.4 is 10.2 Å². The van der Waals surface area contributed by atoms with Crippen LogP contribution in [0.15, 0.2) is 29.8 Å². The number of nitrogens with zero attached hydrogens (tertiary/aromatic N) is 2. The van der Waals surface area contributed by atoms with E-state index in [1.807, 2.05) is 50.2 Å². The van der Waals surface area contributed by atoms with Crippen LogP contribution in [0.4, 0.5) is 5.69 Å². The Morgan fingerprint density at radius 3 is 2.38 bits per heavy atom. The number of thiocarbonyl (C=S) groups is 1. The fourth-order valence-electron chi connectivity index (χ4n) is 2.02. The summed E-state index contributed by atoms with van der Waals surface area (Å²) in [6.45, 7) is 2.24. The molecule has 1 aliphatic heterocycles. The van der Waals surface area contributed by atoms with Crippen molar-refractivity contribution in [3.05, 3.63) is 35.4 Å². The first-order valence-corrected chi connectivity index (χ1v) is 7.01. The minimum Gasteiger partial charge on any atom is -0.378 e. The van der Waals surface area contributed by atoms with Crippen LogP contribution >= 0.6 is 12.2 Å². The highest BCUT2D eigenvalue weighted by atomic mass is 32.1. The number of benzene rings is 1. The number of anilines is 1. The Hall–Kier alpha value is -2.21. The molecule has 0 atom stereocenters. The Kier molecular flexibility index (Phi) is 4.37. The number of amides is 2. The van der Waals surface area contributed by atoms with Gasteiger partial charge < -0.3 is 4.90 Å². The molecule has 21 heavy (non-hydrogen) atoms. The summed E-state index contributed by atoms with van der Waals surface area (Å²) in [4.78, 5) is 27.5. The molecule has 2 rings (SSSR count). The van der Waals surface area contributed by atoms with E-state index in [9.17, 15) is 9.59 Å². The van der Waals surface area contributed by atoms with Crippen molar-refractivity contribution in [2.45, 2.75) is 6.92 Å². The van der Waals surface area contributed by atoms with E-state index < -0.39 is 5.91 Å². The smallest absolute Gasteiger partial charge is 0.265 e. The molecule has 0 saturated carbocycles. The number of carbonyl (C=O) groups is 2. The number of carbonyl (C=O) groups excluding carboxylic acids is 2. The van der Waals surface area contributed by atoms with Crippen LogP contribution in [0.1, 0.15) is 12.5 Å². The summed E-state index contributed by atoms with van der Waals surface area (Å²) < 4.78 is 0. The van der Waals surface area contributed by atoms with E-state index >= 15 is 0 Å². The fourth-order valence-corrected chi connectivity index (χ4v) is 2.32. The predicted molar refractivity (Wildman–Crippen MR) is 86.9 cm³/mol. The Bertz CT molecular complexity index is 620. The van der Waals surface area contributed by atoms with E-state index in [2.05, 4.69) is 5.32 Å². The second kappa shape index (κ2) is 6.05. The zero-order valence-electron chi connectivity index (χ0n) is 12.2. The third-order valence-corrected chi connectivity index (χ3v) is 3.54. The Morgan fingerprint density at radius 2 is 1.86 bits per heavy atom. The SMILES string of the molecule is CCN1C(=O)/C(=C\c2ccc(N(C)C)cc2)C(=O)NC1=S. The zero-order chi connectivity index (χ0) is 15.6. The van der Waals surface area contributed by atoms with Crippen LogP contribution in [-0.2, 0) is 9.59 Å². The van der Waals surface area contributed by atoms with Gasteiger partial charge in [0.2, 0.25) is 0 Å². The van der Waals surface area contributed by atoms with Crippen LogP contribution in [-0.4, -0.2) is 42.5 Å². The summed E-state index contributed by atoms with van der Waals surface area (Å²) in [7, 11) is 3.90. The molecule has 0 radical (unpaired) electrons. The van der Waals surface area contributed by atoms with Crippen molar-refractivity contribution in [3.63, 3.8) is 0 Å². The third kappa shape index (κ3) is 3.11. The molecule has 0 unspecified atom stereocenters. The first kappa shape index (κ1) is 15.2. The topological polar surface area (TPSA) is 52.7 Å². The molecule has 0 aromatic heterocycles. The first-order chi connectivity index (χ1) is 9.93. The second-order valence-electron chi connectivity index (χ2n) is 4.85. The van der Waals surface area contributed by atoms with E-state index in [-0.39, 0.29) is 16.6 Å². The highest BCUT2D eigenvalue weighted by molar-refractivity contribution is 7.80. The van der Waals surface area contributed by atoms with Crippen molar-refractivity contribution in [3.8, 4) is 0 Å². The van der Waals surface area contributed by atoms with Gasteiger partial charge in [-0.05, 0) is 42.9 Å². The van der Waals surface area contributed by atoms with Crippen molar-refractivity contribution < 1.29 is 9.59 Å². The highest BCUT2D eigenvalue weighted by Crippen LogP contribution is 2.17. The lowest BCUT2D eigenvalue weighted by atomic mass is 10.1. The number of rotatable bonds is 3. The molecule has 110 valence electrons. The van der Waals surface area contributed by atoms with Crippen LogP contribution in [0.3, 0.4) is 0 Å². The number of hydrogen-bond donors (Lipinski definition) is 1. The maximum Gasteiger partial charge on any atom is 0.265 e. The summed E-state index contributed by atoms with van der Waals surface area (Å²) >= 11 is 4.98. The summed E-state index contributed by atoms with van der Waals surface area (Å²) in [6.07, 6.45) is 1.58. The van der Waals surface area contributed by atoms with Crippen molar-refractivity contribution in [1.29, 1.82) is 0 Å². The molecular formula is C15H17N3O2S. The number of nitrogens with one attached hydrogen (secondary N) is 1. The number of hydrogen-bond acceptors (Lipinski definition) is 4. The highest BCUT2D eigenvalue weighted by Gasteiger charge is 2.32. The summed E-state index contributed by atoms with van der Waals surface area (Å²) in [5.74, 6) is -0.811. The molecule has 1 fully saturated rings. The number of likely N-dealkylation sites (N-methyl/N-ethyl adjacent to an activating group) is 1. The monoisotopic (exact) mass is 303 g/mol. The van der Waals surface area contributed by atoms with Gasteiger partial charge in [0.05, 0.1) is 0 Å². The molecule has 1 N–H and O–H groups in total. The van der Waals surface area contributed by atoms with Gasteiger partial charge in [-0.3, -0.25) is 19.8 Å². The van der Waals surface area contributed by atoms with Gasteiger partial charge in [0.1, 0.15) is 5.57 Å². The van der Waals surface area contributed by atoms with Gasteiger partial charge >= 0.3 is 0 Å². The van der Waals surface area contributed by atoms with Crippen LogP contribution in [0.25, 0.3) is 6.08 Å². The molecule has 0 aliphatic carbocycles. The molecule has 0 spiro atoms. The minimum absolute atomic E-state index is 0.100. The van der Waals surface area contributed by atoms with Gasteiger partial charge in [0.15, 0.2) is 5.11 Å². The molecule has 0 bridgehead atoms. The van der Waals surface area contributed by atoms with E-state index in [1.165, 1.54) is 4.90 Å². The third-order valence-electron chi connectivity index (χ3n) is 3.22. The summed E-state index contributed by atoms with van der Waals surface area (Å²) in [5.41, 5.74) is 1.94. The Morgan fingerprint density at radius 1 is 1.24 bits per heavy atom. The predicted octanol–water partition coefficient (Wildman–Crippen LogP) is 1.40. The molecule has 2 amide bonds. The molecular weight excluding hydrogens is 286 g/mol. The van der Waals surface area contributed by atoms with Gasteiger partial charge in [0, 0.05) is 26.3 Å². The summed E-state index contributed by atoms with van der Waals surface area (Å²) in [6, 6.07) is 7.60. The van der Waals surface area contributed by atoms with E-state index in [0.717, 1.165) is 11.3 Å². The van der Waals surface area contributed by atoms with Crippen molar-refractivity contribution in [1.82, 2.24) is 10.2 Å². The van der Waals surface area contributed by atoms with E-state index in [1.54, 1.807) is 6.08 Å². The molecule has 1 aromatic rings. The largest absolute Gasteiger partial charge is 0.378 e.